The quantitative estimate of drug-likeness (QED) is 0.692. The monoisotopic (exact) mass is 257 g/mol. The summed E-state index contributed by atoms with van der Waals surface area (Å²) in [6.45, 7) is 1.96. The highest BCUT2D eigenvalue weighted by atomic mass is 35.5. The second-order valence-corrected chi connectivity index (χ2v) is 4.06. The van der Waals surface area contributed by atoms with Gasteiger partial charge in [-0.2, -0.15) is 0 Å². The number of hydrogen-bond donors (Lipinski definition) is 3. The fraction of sp³-hybridized carbons (Fsp3) is 0.455. The van der Waals surface area contributed by atoms with E-state index in [9.17, 15) is 4.79 Å². The molecular formula is C11H16ClN3O2. The van der Waals surface area contributed by atoms with Crippen molar-refractivity contribution in [1.82, 2.24) is 10.3 Å². The number of aliphatic hydroxyl groups is 1. The van der Waals surface area contributed by atoms with Gasteiger partial charge >= 0.3 is 0 Å². The highest BCUT2D eigenvalue weighted by Crippen LogP contribution is 2.15. The van der Waals surface area contributed by atoms with Crippen molar-refractivity contribution in [2.45, 2.75) is 25.8 Å². The Labute approximate surface area is 105 Å². The van der Waals surface area contributed by atoms with E-state index in [-0.39, 0.29) is 29.3 Å². The fourth-order valence-electron chi connectivity index (χ4n) is 1.42. The number of nitrogens with two attached hydrogens (primary N) is 1. The zero-order chi connectivity index (χ0) is 12.8. The summed E-state index contributed by atoms with van der Waals surface area (Å²) in [5.41, 5.74) is 6.18. The highest BCUT2D eigenvalue weighted by Gasteiger charge is 2.15. The van der Waals surface area contributed by atoms with E-state index in [0.29, 0.717) is 12.1 Å². The second-order valence-electron chi connectivity index (χ2n) is 3.70. The summed E-state index contributed by atoms with van der Waals surface area (Å²) < 4.78 is 0. The molecule has 1 aromatic rings. The minimum absolute atomic E-state index is 0.0295. The van der Waals surface area contributed by atoms with Gasteiger partial charge in [0, 0.05) is 12.6 Å². The summed E-state index contributed by atoms with van der Waals surface area (Å²) in [6, 6.07) is 1.40. The molecule has 94 valence electrons. The average molecular weight is 258 g/mol. The zero-order valence-electron chi connectivity index (χ0n) is 9.61. The van der Waals surface area contributed by atoms with E-state index in [1.165, 1.54) is 12.3 Å². The lowest BCUT2D eigenvalue weighted by Gasteiger charge is -2.16. The third kappa shape index (κ3) is 3.87. The molecule has 0 aliphatic rings. The highest BCUT2D eigenvalue weighted by molar-refractivity contribution is 6.32. The smallest absolute Gasteiger partial charge is 0.254 e. The van der Waals surface area contributed by atoms with Crippen molar-refractivity contribution in [1.29, 1.82) is 0 Å². The van der Waals surface area contributed by atoms with Crippen LogP contribution in [0, 0.1) is 0 Å². The number of nitrogens with one attached hydrogen (secondary N) is 1. The zero-order valence-corrected chi connectivity index (χ0v) is 10.4. The number of pyridine rings is 1. The number of carbonyl (C=O) groups is 1. The molecule has 4 N–H and O–H groups in total. The molecular weight excluding hydrogens is 242 g/mol. The lowest BCUT2D eigenvalue weighted by Crippen LogP contribution is -2.35. The van der Waals surface area contributed by atoms with Crippen molar-refractivity contribution in [2.24, 2.45) is 0 Å². The van der Waals surface area contributed by atoms with Gasteiger partial charge in [-0.15, -0.1) is 0 Å². The maximum absolute atomic E-state index is 11.9. The van der Waals surface area contributed by atoms with Crippen LogP contribution in [-0.2, 0) is 0 Å². The van der Waals surface area contributed by atoms with E-state index < -0.39 is 0 Å². The Balaban J connectivity index is 2.78. The number of nitrogen functional groups attached to an aromatic ring is 1. The standard InChI is InChI=1S/C11H16ClN3O2/c1-2-8(3-4-16)15-11(17)9-5-7(13)6-14-10(9)12/h5-6,8,16H,2-4,13H2,1H3,(H,15,17). The Bertz CT molecular complexity index is 398. The molecule has 0 spiro atoms. The van der Waals surface area contributed by atoms with Gasteiger partial charge in [0.05, 0.1) is 17.4 Å². The van der Waals surface area contributed by atoms with Gasteiger partial charge in [0.15, 0.2) is 0 Å². The minimum atomic E-state index is -0.324. The Morgan fingerprint density at radius 3 is 3.00 bits per heavy atom. The van der Waals surface area contributed by atoms with E-state index in [2.05, 4.69) is 10.3 Å². The second kappa shape index (κ2) is 6.42. The van der Waals surface area contributed by atoms with E-state index in [0.717, 1.165) is 6.42 Å². The van der Waals surface area contributed by atoms with Crippen LogP contribution in [0.5, 0.6) is 0 Å². The first-order valence-electron chi connectivity index (χ1n) is 5.41. The summed E-state index contributed by atoms with van der Waals surface area (Å²) >= 11 is 5.82. The number of anilines is 1. The molecule has 0 saturated carbocycles. The van der Waals surface area contributed by atoms with Crippen LogP contribution >= 0.6 is 11.6 Å². The van der Waals surface area contributed by atoms with Crippen molar-refractivity contribution in [3.05, 3.63) is 23.0 Å². The molecule has 1 amide bonds. The van der Waals surface area contributed by atoms with Crippen molar-refractivity contribution in [3.8, 4) is 0 Å². The maximum Gasteiger partial charge on any atom is 0.254 e. The van der Waals surface area contributed by atoms with Crippen molar-refractivity contribution in [3.63, 3.8) is 0 Å². The van der Waals surface area contributed by atoms with Crippen LogP contribution in [-0.4, -0.2) is 28.6 Å². The Morgan fingerprint density at radius 2 is 2.41 bits per heavy atom. The summed E-state index contributed by atoms with van der Waals surface area (Å²) in [7, 11) is 0. The van der Waals surface area contributed by atoms with Gasteiger partial charge in [-0.1, -0.05) is 18.5 Å². The summed E-state index contributed by atoms with van der Waals surface area (Å²) in [6.07, 6.45) is 2.64. The lowest BCUT2D eigenvalue weighted by atomic mass is 10.1. The molecule has 17 heavy (non-hydrogen) atoms. The van der Waals surface area contributed by atoms with E-state index in [1.807, 2.05) is 6.92 Å². The maximum atomic E-state index is 11.9. The molecule has 0 aliphatic carbocycles. The minimum Gasteiger partial charge on any atom is -0.397 e. The Hall–Kier alpha value is -1.33. The largest absolute Gasteiger partial charge is 0.397 e. The van der Waals surface area contributed by atoms with Crippen molar-refractivity contribution >= 4 is 23.2 Å². The number of halogens is 1. The van der Waals surface area contributed by atoms with Gasteiger partial charge in [0.1, 0.15) is 5.15 Å². The van der Waals surface area contributed by atoms with Gasteiger partial charge in [-0.05, 0) is 18.9 Å². The summed E-state index contributed by atoms with van der Waals surface area (Å²) in [5.74, 6) is -0.324. The van der Waals surface area contributed by atoms with E-state index >= 15 is 0 Å². The van der Waals surface area contributed by atoms with Gasteiger partial charge < -0.3 is 16.2 Å². The van der Waals surface area contributed by atoms with Gasteiger partial charge in [0.25, 0.3) is 5.91 Å². The van der Waals surface area contributed by atoms with Crippen LogP contribution in [0.1, 0.15) is 30.1 Å². The molecule has 0 bridgehead atoms. The SMILES string of the molecule is CCC(CCO)NC(=O)c1cc(N)cnc1Cl. The fourth-order valence-corrected chi connectivity index (χ4v) is 1.61. The molecule has 1 aromatic heterocycles. The van der Waals surface area contributed by atoms with Crippen LogP contribution in [0.4, 0.5) is 5.69 Å². The topological polar surface area (TPSA) is 88.2 Å². The van der Waals surface area contributed by atoms with E-state index in [4.69, 9.17) is 22.4 Å². The molecule has 0 radical (unpaired) electrons. The summed E-state index contributed by atoms with van der Waals surface area (Å²) in [4.78, 5) is 15.7. The van der Waals surface area contributed by atoms with Gasteiger partial charge in [-0.3, -0.25) is 4.79 Å². The average Bonchev–Trinajstić information content (AvgIpc) is 2.31. The molecule has 0 saturated heterocycles. The molecule has 1 unspecified atom stereocenters. The Kier molecular flexibility index (Phi) is 5.18. The molecule has 0 aromatic carbocycles. The number of hydrogen-bond acceptors (Lipinski definition) is 4. The predicted octanol–water partition coefficient (Wildman–Crippen LogP) is 1.21. The first-order valence-corrected chi connectivity index (χ1v) is 5.79. The summed E-state index contributed by atoms with van der Waals surface area (Å²) in [5, 5.41) is 11.7. The van der Waals surface area contributed by atoms with Crippen LogP contribution < -0.4 is 11.1 Å². The molecule has 0 aliphatic heterocycles. The van der Waals surface area contributed by atoms with Crippen LogP contribution in [0.2, 0.25) is 5.15 Å². The van der Waals surface area contributed by atoms with Gasteiger partial charge in [-0.25, -0.2) is 4.98 Å². The first kappa shape index (κ1) is 13.7. The number of nitrogens with zero attached hydrogens (tertiary/aromatic N) is 1. The number of aromatic nitrogens is 1. The van der Waals surface area contributed by atoms with E-state index in [1.54, 1.807) is 0 Å². The van der Waals surface area contributed by atoms with Crippen LogP contribution in [0.15, 0.2) is 12.3 Å². The number of rotatable bonds is 5. The van der Waals surface area contributed by atoms with Crippen molar-refractivity contribution < 1.29 is 9.90 Å². The molecule has 1 atom stereocenters. The number of amides is 1. The molecule has 1 heterocycles. The molecule has 1 rings (SSSR count). The lowest BCUT2D eigenvalue weighted by molar-refractivity contribution is 0.0929. The third-order valence-corrected chi connectivity index (χ3v) is 2.71. The molecule has 0 fully saturated rings. The third-order valence-electron chi connectivity index (χ3n) is 2.41. The molecule has 6 heteroatoms. The van der Waals surface area contributed by atoms with Crippen LogP contribution in [0.25, 0.3) is 0 Å². The number of aliphatic hydroxyl groups excluding tert-OH is 1. The predicted molar refractivity (Wildman–Crippen MR) is 66.9 cm³/mol. The molecule has 5 nitrogen and oxygen atoms in total. The normalized spacial score (nSPS) is 12.2. The Morgan fingerprint density at radius 1 is 1.71 bits per heavy atom. The van der Waals surface area contributed by atoms with Crippen molar-refractivity contribution in [2.75, 3.05) is 12.3 Å². The first-order chi connectivity index (χ1) is 8.08. The van der Waals surface area contributed by atoms with Crippen LogP contribution in [0.3, 0.4) is 0 Å². The number of carbonyl (C=O) groups excluding carboxylic acids is 1. The van der Waals surface area contributed by atoms with Gasteiger partial charge in [0.2, 0.25) is 0 Å².